The Labute approximate surface area is 64.1 Å². The quantitative estimate of drug-likeness (QED) is 0.341. The third kappa shape index (κ3) is 1.16. The molecule has 6 heteroatoms. The number of halogens is 2. The molecule has 1 aliphatic heterocycles. The van der Waals surface area contributed by atoms with E-state index in [1.807, 2.05) is 5.32 Å². The van der Waals surface area contributed by atoms with Gasteiger partial charge in [0.2, 0.25) is 0 Å². The second kappa shape index (κ2) is 1.85. The van der Waals surface area contributed by atoms with E-state index in [4.69, 9.17) is 11.6 Å². The van der Waals surface area contributed by atoms with Crippen molar-refractivity contribution < 1.29 is 9.59 Å². The molecule has 0 aromatic rings. The highest BCUT2D eigenvalue weighted by Gasteiger charge is 2.41. The number of carbonyl (C=O) groups is 2. The van der Waals surface area contributed by atoms with Crippen LogP contribution in [0.5, 0.6) is 0 Å². The number of amides is 3. The van der Waals surface area contributed by atoms with Gasteiger partial charge in [-0.15, -0.1) is 0 Å². The molecule has 1 unspecified atom stereocenters. The number of hydrogen-bond donors (Lipinski definition) is 2. The molecule has 1 heterocycles. The van der Waals surface area contributed by atoms with E-state index in [0.29, 0.717) is 0 Å². The summed E-state index contributed by atoms with van der Waals surface area (Å²) in [7, 11) is 0. The molecule has 1 saturated heterocycles. The van der Waals surface area contributed by atoms with Crippen molar-refractivity contribution >= 4 is 39.5 Å². The van der Waals surface area contributed by atoms with Crippen LogP contribution in [0.4, 0.5) is 4.79 Å². The van der Waals surface area contributed by atoms with Crippen molar-refractivity contribution in [3.05, 3.63) is 0 Å². The number of urea groups is 1. The number of hydrogen-bond acceptors (Lipinski definition) is 2. The standard InChI is InChI=1S/C3H2BrClN2O2/c4-3(5)1(8)6-2(9)7-3/h(H2,6,7,8,9). The number of carbonyl (C=O) groups excluding carboxylic acids is 2. The third-order valence-corrected chi connectivity index (χ3v) is 1.61. The predicted octanol–water partition coefficient (Wildman–Crippen LogP) is 0.113. The van der Waals surface area contributed by atoms with Gasteiger partial charge in [-0.05, 0) is 15.9 Å². The fourth-order valence-electron chi connectivity index (χ4n) is 0.412. The number of alkyl halides is 2. The van der Waals surface area contributed by atoms with Crippen LogP contribution in [0.3, 0.4) is 0 Å². The van der Waals surface area contributed by atoms with Crippen molar-refractivity contribution in [2.24, 2.45) is 0 Å². The van der Waals surface area contributed by atoms with Crippen molar-refractivity contribution in [3.63, 3.8) is 0 Å². The maximum atomic E-state index is 10.5. The first-order valence-corrected chi connectivity index (χ1v) is 3.21. The first kappa shape index (κ1) is 6.82. The lowest BCUT2D eigenvalue weighted by atomic mass is 10.6. The SMILES string of the molecule is O=C1NC(=O)C(Cl)(Br)N1. The van der Waals surface area contributed by atoms with Crippen LogP contribution in [0, 0.1) is 0 Å². The minimum Gasteiger partial charge on any atom is -0.302 e. The van der Waals surface area contributed by atoms with E-state index in [1.54, 1.807) is 0 Å². The molecule has 1 rings (SSSR count). The van der Waals surface area contributed by atoms with Gasteiger partial charge < -0.3 is 5.32 Å². The lowest BCUT2D eigenvalue weighted by Crippen LogP contribution is -2.33. The Balaban J connectivity index is 2.81. The van der Waals surface area contributed by atoms with Crippen molar-refractivity contribution in [1.29, 1.82) is 0 Å². The largest absolute Gasteiger partial charge is 0.323 e. The van der Waals surface area contributed by atoms with E-state index in [-0.39, 0.29) is 0 Å². The summed E-state index contributed by atoms with van der Waals surface area (Å²) in [4.78, 5) is 20.8. The first-order chi connectivity index (χ1) is 4.02. The average molecular weight is 213 g/mol. The second-order valence-electron chi connectivity index (χ2n) is 1.48. The van der Waals surface area contributed by atoms with Gasteiger partial charge >= 0.3 is 6.03 Å². The molecule has 0 saturated carbocycles. The van der Waals surface area contributed by atoms with E-state index in [0.717, 1.165) is 0 Å². The molecule has 0 spiro atoms. The van der Waals surface area contributed by atoms with Crippen molar-refractivity contribution in [3.8, 4) is 0 Å². The summed E-state index contributed by atoms with van der Waals surface area (Å²) in [6, 6.07) is -0.591. The molecule has 0 bridgehead atoms. The molecule has 0 aromatic carbocycles. The minimum absolute atomic E-state index is 0.589. The Hall–Kier alpha value is -0.290. The molecular formula is C3H2BrClN2O2. The zero-order valence-electron chi connectivity index (χ0n) is 4.07. The molecule has 1 fully saturated rings. The Morgan fingerprint density at radius 2 is 2.11 bits per heavy atom. The number of imide groups is 1. The van der Waals surface area contributed by atoms with Gasteiger partial charge in [0.25, 0.3) is 9.81 Å². The predicted molar refractivity (Wildman–Crippen MR) is 34.2 cm³/mol. The number of rotatable bonds is 0. The van der Waals surface area contributed by atoms with Gasteiger partial charge in [0.1, 0.15) is 0 Å². The Morgan fingerprint density at radius 3 is 2.22 bits per heavy atom. The molecule has 50 valence electrons. The van der Waals surface area contributed by atoms with Crippen molar-refractivity contribution in [2.45, 2.75) is 3.91 Å². The summed E-state index contributed by atoms with van der Waals surface area (Å²) in [6.07, 6.45) is 0. The van der Waals surface area contributed by atoms with Crippen molar-refractivity contribution in [1.82, 2.24) is 10.6 Å². The molecular weight excluding hydrogens is 211 g/mol. The fraction of sp³-hybridized carbons (Fsp3) is 0.333. The van der Waals surface area contributed by atoms with Gasteiger partial charge in [-0.3, -0.25) is 10.1 Å². The smallest absolute Gasteiger partial charge is 0.302 e. The molecule has 3 amide bonds. The Morgan fingerprint density at radius 1 is 1.56 bits per heavy atom. The zero-order valence-corrected chi connectivity index (χ0v) is 6.41. The molecule has 2 N–H and O–H groups in total. The van der Waals surface area contributed by atoms with Crippen molar-refractivity contribution in [2.75, 3.05) is 0 Å². The van der Waals surface area contributed by atoms with Gasteiger partial charge in [0.15, 0.2) is 0 Å². The topological polar surface area (TPSA) is 58.2 Å². The highest BCUT2D eigenvalue weighted by atomic mass is 79.9. The van der Waals surface area contributed by atoms with Crippen LogP contribution in [-0.4, -0.2) is 15.8 Å². The van der Waals surface area contributed by atoms with Gasteiger partial charge in [0, 0.05) is 0 Å². The van der Waals surface area contributed by atoms with Crippen LogP contribution in [0.15, 0.2) is 0 Å². The van der Waals surface area contributed by atoms with Crippen LogP contribution in [0.1, 0.15) is 0 Å². The summed E-state index contributed by atoms with van der Waals surface area (Å²) in [5.74, 6) is -0.589. The lowest BCUT2D eigenvalue weighted by molar-refractivity contribution is -0.119. The molecule has 4 nitrogen and oxygen atoms in total. The molecule has 0 radical (unpaired) electrons. The van der Waals surface area contributed by atoms with E-state index >= 15 is 0 Å². The molecule has 9 heavy (non-hydrogen) atoms. The van der Waals surface area contributed by atoms with E-state index in [9.17, 15) is 9.59 Å². The summed E-state index contributed by atoms with van der Waals surface area (Å²) in [5, 5.41) is 4.06. The van der Waals surface area contributed by atoms with E-state index in [2.05, 4.69) is 21.2 Å². The van der Waals surface area contributed by atoms with E-state index in [1.165, 1.54) is 0 Å². The fourth-order valence-corrected chi connectivity index (χ4v) is 0.824. The summed E-state index contributed by atoms with van der Waals surface area (Å²) >= 11 is 8.16. The zero-order chi connectivity index (χ0) is 7.07. The van der Waals surface area contributed by atoms with Crippen LogP contribution >= 0.6 is 27.5 Å². The third-order valence-electron chi connectivity index (χ3n) is 0.783. The van der Waals surface area contributed by atoms with Crippen LogP contribution in [0.2, 0.25) is 0 Å². The maximum absolute atomic E-state index is 10.5. The first-order valence-electron chi connectivity index (χ1n) is 2.04. The summed E-state index contributed by atoms with van der Waals surface area (Å²) in [6.45, 7) is 0. The van der Waals surface area contributed by atoms with Gasteiger partial charge in [0.05, 0.1) is 0 Å². The Kier molecular flexibility index (Phi) is 1.40. The maximum Gasteiger partial charge on any atom is 0.323 e. The van der Waals surface area contributed by atoms with Gasteiger partial charge in [-0.25, -0.2) is 4.79 Å². The van der Waals surface area contributed by atoms with Gasteiger partial charge in [-0.2, -0.15) is 0 Å². The highest BCUT2D eigenvalue weighted by Crippen LogP contribution is 2.22. The van der Waals surface area contributed by atoms with Crippen LogP contribution in [0.25, 0.3) is 0 Å². The molecule has 1 atom stereocenters. The number of nitrogens with one attached hydrogen (secondary N) is 2. The molecule has 0 aliphatic carbocycles. The second-order valence-corrected chi connectivity index (χ2v) is 3.70. The van der Waals surface area contributed by atoms with Crippen LogP contribution in [-0.2, 0) is 4.79 Å². The monoisotopic (exact) mass is 212 g/mol. The summed E-state index contributed by atoms with van der Waals surface area (Å²) < 4.78 is -1.44. The molecule has 0 aromatic heterocycles. The average Bonchev–Trinajstić information content (AvgIpc) is 1.79. The van der Waals surface area contributed by atoms with Crippen LogP contribution < -0.4 is 10.6 Å². The minimum atomic E-state index is -1.44. The van der Waals surface area contributed by atoms with E-state index < -0.39 is 15.8 Å². The lowest BCUT2D eigenvalue weighted by Gasteiger charge is -2.05. The molecule has 1 aliphatic rings. The van der Waals surface area contributed by atoms with Gasteiger partial charge in [-0.1, -0.05) is 11.6 Å². The summed E-state index contributed by atoms with van der Waals surface area (Å²) in [5.41, 5.74) is 0. The normalized spacial score (nSPS) is 34.0. The highest BCUT2D eigenvalue weighted by molar-refractivity contribution is 9.10. The Bertz CT molecular complexity index is 181.